The van der Waals surface area contributed by atoms with Crippen molar-refractivity contribution in [2.24, 2.45) is 0 Å². The highest BCUT2D eigenvalue weighted by molar-refractivity contribution is 4.45. The van der Waals surface area contributed by atoms with Crippen LogP contribution in [0.4, 0.5) is 0 Å². The number of unbranched alkanes of at least 4 members (excludes halogenated alkanes) is 5. The average Bonchev–Trinajstić information content (AvgIpc) is 1.96. The van der Waals surface area contributed by atoms with Crippen molar-refractivity contribution in [3.8, 4) is 0 Å². The normalized spacial score (nSPS) is 10.9. The third-order valence-corrected chi connectivity index (χ3v) is 1.82. The van der Waals surface area contributed by atoms with Gasteiger partial charge in [-0.25, -0.2) is 0 Å². The van der Waals surface area contributed by atoms with Crippen LogP contribution < -0.4 is 0 Å². The van der Waals surface area contributed by atoms with Crippen molar-refractivity contribution < 1.29 is 10.2 Å². The summed E-state index contributed by atoms with van der Waals surface area (Å²) in [4.78, 5) is 0. The summed E-state index contributed by atoms with van der Waals surface area (Å²) >= 11 is 0. The molecule has 68 valence electrons. The molecule has 11 heavy (non-hydrogen) atoms. The Balaban J connectivity index is 2.80. The molecule has 0 aromatic carbocycles. The quantitative estimate of drug-likeness (QED) is 0.442. The third kappa shape index (κ3) is 9.92. The van der Waals surface area contributed by atoms with Crippen LogP contribution >= 0.6 is 0 Å². The Bertz CT molecular complexity index is 72.0. The van der Waals surface area contributed by atoms with Crippen LogP contribution in [-0.4, -0.2) is 16.5 Å². The monoisotopic (exact) mass is 160 g/mol. The zero-order chi connectivity index (χ0) is 8.53. The summed E-state index contributed by atoms with van der Waals surface area (Å²) in [6.07, 6.45) is 6.62. The van der Waals surface area contributed by atoms with E-state index in [4.69, 9.17) is 10.2 Å². The molecule has 0 aromatic heterocycles. The van der Waals surface area contributed by atoms with E-state index in [1.807, 2.05) is 0 Å². The van der Waals surface area contributed by atoms with E-state index in [1.165, 1.54) is 25.7 Å². The van der Waals surface area contributed by atoms with Crippen molar-refractivity contribution in [3.63, 3.8) is 0 Å². The fourth-order valence-electron chi connectivity index (χ4n) is 1.11. The zero-order valence-corrected chi connectivity index (χ0v) is 7.42. The average molecular weight is 160 g/mol. The van der Waals surface area contributed by atoms with Crippen molar-refractivity contribution in [2.75, 3.05) is 0 Å². The molecule has 0 aromatic rings. The Morgan fingerprint density at radius 3 is 2.00 bits per heavy atom. The van der Waals surface area contributed by atoms with Crippen LogP contribution in [0.5, 0.6) is 0 Å². The van der Waals surface area contributed by atoms with Gasteiger partial charge in [0.15, 0.2) is 6.29 Å². The van der Waals surface area contributed by atoms with Crippen LogP contribution in [0.15, 0.2) is 0 Å². The maximum absolute atomic E-state index is 8.51. The Kier molecular flexibility index (Phi) is 7.96. The Morgan fingerprint density at radius 2 is 1.45 bits per heavy atom. The lowest BCUT2D eigenvalue weighted by molar-refractivity contribution is -0.0466. The van der Waals surface area contributed by atoms with Crippen LogP contribution in [0.3, 0.4) is 0 Å². The summed E-state index contributed by atoms with van der Waals surface area (Å²) in [7, 11) is 0. The standard InChI is InChI=1S/C9H20O2/c1-2-3-4-5-6-7-8-9(10)11/h9-11H,2-8H2,1H3. The first-order valence-corrected chi connectivity index (χ1v) is 4.63. The first-order chi connectivity index (χ1) is 5.27. The van der Waals surface area contributed by atoms with Crippen molar-refractivity contribution in [2.45, 2.75) is 58.2 Å². The lowest BCUT2D eigenvalue weighted by Gasteiger charge is -2.02. The van der Waals surface area contributed by atoms with E-state index < -0.39 is 6.29 Å². The molecule has 0 bridgehead atoms. The SMILES string of the molecule is CCCCCCCCC(O)O. The molecular formula is C9H20O2. The van der Waals surface area contributed by atoms with Crippen LogP contribution in [0.25, 0.3) is 0 Å². The smallest absolute Gasteiger partial charge is 0.151 e. The lowest BCUT2D eigenvalue weighted by atomic mass is 10.1. The van der Waals surface area contributed by atoms with E-state index in [9.17, 15) is 0 Å². The molecule has 2 N–H and O–H groups in total. The minimum atomic E-state index is -1.10. The van der Waals surface area contributed by atoms with Gasteiger partial charge in [-0.15, -0.1) is 0 Å². The number of aliphatic hydroxyl groups excluding tert-OH is 1. The van der Waals surface area contributed by atoms with E-state index in [1.54, 1.807) is 0 Å². The second kappa shape index (κ2) is 8.02. The summed E-state index contributed by atoms with van der Waals surface area (Å²) in [6.45, 7) is 2.19. The number of hydrogen-bond acceptors (Lipinski definition) is 2. The fourth-order valence-corrected chi connectivity index (χ4v) is 1.11. The highest BCUT2D eigenvalue weighted by Gasteiger charge is 1.95. The van der Waals surface area contributed by atoms with Crippen LogP contribution in [-0.2, 0) is 0 Å². The van der Waals surface area contributed by atoms with Gasteiger partial charge in [-0.05, 0) is 12.8 Å². The molecule has 0 unspecified atom stereocenters. The van der Waals surface area contributed by atoms with E-state index >= 15 is 0 Å². The second-order valence-electron chi connectivity index (χ2n) is 3.04. The van der Waals surface area contributed by atoms with Gasteiger partial charge in [0, 0.05) is 0 Å². The third-order valence-electron chi connectivity index (χ3n) is 1.82. The van der Waals surface area contributed by atoms with E-state index in [-0.39, 0.29) is 0 Å². The molecule has 0 spiro atoms. The second-order valence-corrected chi connectivity index (χ2v) is 3.04. The summed E-state index contributed by atoms with van der Waals surface area (Å²) in [6, 6.07) is 0. The van der Waals surface area contributed by atoms with Gasteiger partial charge in [0.25, 0.3) is 0 Å². The van der Waals surface area contributed by atoms with Gasteiger partial charge in [-0.3, -0.25) is 0 Å². The van der Waals surface area contributed by atoms with E-state index in [2.05, 4.69) is 6.92 Å². The summed E-state index contributed by atoms with van der Waals surface area (Å²) in [5.74, 6) is 0. The Morgan fingerprint density at radius 1 is 0.909 bits per heavy atom. The molecule has 2 nitrogen and oxygen atoms in total. The van der Waals surface area contributed by atoms with Gasteiger partial charge in [0.05, 0.1) is 0 Å². The number of rotatable bonds is 7. The first kappa shape index (κ1) is 10.9. The number of hydrogen-bond donors (Lipinski definition) is 2. The molecule has 0 saturated carbocycles. The van der Waals surface area contributed by atoms with Crippen LogP contribution in [0, 0.1) is 0 Å². The topological polar surface area (TPSA) is 40.5 Å². The summed E-state index contributed by atoms with van der Waals surface area (Å²) in [5, 5.41) is 17.0. The Labute approximate surface area is 69.2 Å². The van der Waals surface area contributed by atoms with Gasteiger partial charge in [0.2, 0.25) is 0 Å². The highest BCUT2D eigenvalue weighted by Crippen LogP contribution is 2.07. The minimum Gasteiger partial charge on any atom is -0.368 e. The maximum Gasteiger partial charge on any atom is 0.151 e. The minimum absolute atomic E-state index is 0.534. The highest BCUT2D eigenvalue weighted by atomic mass is 16.5. The molecule has 0 rings (SSSR count). The predicted octanol–water partition coefficient (Wildman–Crippen LogP) is 2.05. The van der Waals surface area contributed by atoms with Crippen molar-refractivity contribution >= 4 is 0 Å². The predicted molar refractivity (Wildman–Crippen MR) is 46.2 cm³/mol. The van der Waals surface area contributed by atoms with E-state index in [0.29, 0.717) is 6.42 Å². The fraction of sp³-hybridized carbons (Fsp3) is 1.00. The molecule has 0 aliphatic heterocycles. The van der Waals surface area contributed by atoms with Gasteiger partial charge in [0.1, 0.15) is 0 Å². The van der Waals surface area contributed by atoms with Gasteiger partial charge in [-0.1, -0.05) is 39.0 Å². The van der Waals surface area contributed by atoms with Gasteiger partial charge in [-0.2, -0.15) is 0 Å². The molecule has 0 aliphatic rings. The molecule has 0 fully saturated rings. The zero-order valence-electron chi connectivity index (χ0n) is 7.42. The van der Waals surface area contributed by atoms with Crippen molar-refractivity contribution in [3.05, 3.63) is 0 Å². The Hall–Kier alpha value is -0.0800. The molecule has 0 heterocycles. The summed E-state index contributed by atoms with van der Waals surface area (Å²) in [5.41, 5.74) is 0. The van der Waals surface area contributed by atoms with Crippen molar-refractivity contribution in [1.82, 2.24) is 0 Å². The van der Waals surface area contributed by atoms with Crippen LogP contribution in [0.1, 0.15) is 51.9 Å². The molecule has 0 amide bonds. The molecule has 0 radical (unpaired) electrons. The number of aliphatic hydroxyl groups is 2. The van der Waals surface area contributed by atoms with Crippen molar-refractivity contribution in [1.29, 1.82) is 0 Å². The maximum atomic E-state index is 8.51. The van der Waals surface area contributed by atoms with Gasteiger partial charge < -0.3 is 10.2 Å². The molecule has 0 aliphatic carbocycles. The molecule has 0 saturated heterocycles. The van der Waals surface area contributed by atoms with Gasteiger partial charge >= 0.3 is 0 Å². The molecule has 0 atom stereocenters. The first-order valence-electron chi connectivity index (χ1n) is 4.63. The lowest BCUT2D eigenvalue weighted by Crippen LogP contribution is -2.02. The van der Waals surface area contributed by atoms with Crippen LogP contribution in [0.2, 0.25) is 0 Å². The largest absolute Gasteiger partial charge is 0.368 e. The van der Waals surface area contributed by atoms with E-state index in [0.717, 1.165) is 12.8 Å². The molecular weight excluding hydrogens is 140 g/mol. The molecule has 2 heteroatoms. The summed E-state index contributed by atoms with van der Waals surface area (Å²) < 4.78 is 0.